The van der Waals surface area contributed by atoms with Crippen LogP contribution in [0.3, 0.4) is 0 Å². The van der Waals surface area contributed by atoms with E-state index in [-0.39, 0.29) is 11.9 Å². The molecule has 32 heavy (non-hydrogen) atoms. The summed E-state index contributed by atoms with van der Waals surface area (Å²) in [6.07, 6.45) is 3.06. The van der Waals surface area contributed by atoms with Gasteiger partial charge in [0.25, 0.3) is 5.91 Å². The van der Waals surface area contributed by atoms with Crippen LogP contribution in [0.5, 0.6) is 0 Å². The summed E-state index contributed by atoms with van der Waals surface area (Å²) in [5.41, 5.74) is 2.41. The van der Waals surface area contributed by atoms with E-state index in [1.54, 1.807) is 12.4 Å². The number of aromatic amines is 1. The van der Waals surface area contributed by atoms with Gasteiger partial charge in [0.05, 0.1) is 23.1 Å². The Kier molecular flexibility index (Phi) is 5.36. The van der Waals surface area contributed by atoms with Crippen molar-refractivity contribution in [3.8, 4) is 0 Å². The zero-order valence-corrected chi connectivity index (χ0v) is 18.6. The van der Waals surface area contributed by atoms with E-state index in [0.717, 1.165) is 24.2 Å². The Labute approximate surface area is 189 Å². The van der Waals surface area contributed by atoms with Gasteiger partial charge in [0.2, 0.25) is 0 Å². The van der Waals surface area contributed by atoms with Gasteiger partial charge in [-0.05, 0) is 31.5 Å². The van der Waals surface area contributed by atoms with Crippen molar-refractivity contribution in [3.63, 3.8) is 0 Å². The summed E-state index contributed by atoms with van der Waals surface area (Å²) in [5, 5.41) is 5.44. The molecule has 0 radical (unpaired) electrons. The summed E-state index contributed by atoms with van der Waals surface area (Å²) >= 11 is 6.52. The number of halogens is 1. The Bertz CT molecular complexity index is 1300. The topological polar surface area (TPSA) is 103 Å². The number of rotatable bonds is 4. The minimum absolute atomic E-state index is 0.0954. The zero-order chi connectivity index (χ0) is 22.2. The van der Waals surface area contributed by atoms with E-state index < -0.39 is 0 Å². The van der Waals surface area contributed by atoms with Gasteiger partial charge in [0.1, 0.15) is 17.5 Å². The van der Waals surface area contributed by atoms with E-state index >= 15 is 0 Å². The number of carbonyl (C=O) groups is 1. The quantitative estimate of drug-likeness (QED) is 0.492. The molecule has 1 atom stereocenters. The molecule has 0 aliphatic carbocycles. The number of nitrogens with zero attached hydrogens (tertiary/aromatic N) is 6. The number of likely N-dealkylation sites (N-methyl/N-ethyl adjacent to an activating group) is 1. The fraction of sp³-hybridized carbons (Fsp3) is 0.318. The first-order chi connectivity index (χ1) is 15.5. The summed E-state index contributed by atoms with van der Waals surface area (Å²) in [6, 6.07) is 7.36. The summed E-state index contributed by atoms with van der Waals surface area (Å²) in [5.74, 6) is 0.505. The largest absolute Gasteiger partial charge is 0.360 e. The number of fused-ring (bicyclic) bond motifs is 2. The van der Waals surface area contributed by atoms with Crippen LogP contribution in [0.2, 0.25) is 5.02 Å². The molecule has 1 aliphatic rings. The highest BCUT2D eigenvalue weighted by atomic mass is 35.5. The van der Waals surface area contributed by atoms with Gasteiger partial charge in [0, 0.05) is 31.6 Å². The van der Waals surface area contributed by atoms with Crippen molar-refractivity contribution in [2.75, 3.05) is 38.5 Å². The lowest BCUT2D eigenvalue weighted by atomic mass is 10.0. The molecule has 1 aliphatic heterocycles. The first kappa shape index (κ1) is 20.6. The van der Waals surface area contributed by atoms with Crippen molar-refractivity contribution in [2.24, 2.45) is 0 Å². The fourth-order valence-corrected chi connectivity index (χ4v) is 4.24. The minimum atomic E-state index is -0.229. The number of hydrogen-bond acceptors (Lipinski definition) is 7. The lowest BCUT2D eigenvalue weighted by Gasteiger charge is -2.32. The molecule has 1 amide bonds. The molecular formula is C22H23ClN8O. The molecule has 9 nitrogen and oxygen atoms in total. The Balaban J connectivity index is 1.54. The number of anilines is 1. The number of piperazine rings is 1. The molecule has 1 aromatic carbocycles. The highest BCUT2D eigenvalue weighted by Gasteiger charge is 2.25. The number of pyridine rings is 1. The van der Waals surface area contributed by atoms with Crippen LogP contribution in [-0.4, -0.2) is 73.9 Å². The van der Waals surface area contributed by atoms with E-state index in [0.29, 0.717) is 46.2 Å². The van der Waals surface area contributed by atoms with Crippen molar-refractivity contribution >= 4 is 45.3 Å². The van der Waals surface area contributed by atoms with E-state index in [9.17, 15) is 4.79 Å². The van der Waals surface area contributed by atoms with Crippen LogP contribution < -0.4 is 5.32 Å². The molecule has 1 fully saturated rings. The third kappa shape index (κ3) is 3.74. The standard InChI is InChI=1S/C22H23ClN8O/c1-13(28-21-19-20(25-11-24-19)26-12-27-21)16-10-14-4-3-5-15(23)17(14)18(29-16)22(32)31-8-6-30(2)7-9-31/h3-5,10-13H,6-9H2,1-2H3,(H2,24,25,26,27,28)/t13-/m0/s1. The summed E-state index contributed by atoms with van der Waals surface area (Å²) in [7, 11) is 2.06. The molecule has 0 spiro atoms. The Morgan fingerprint density at radius 3 is 2.81 bits per heavy atom. The number of nitrogens with one attached hydrogen (secondary N) is 2. The van der Waals surface area contributed by atoms with Crippen molar-refractivity contribution in [3.05, 3.63) is 53.3 Å². The molecule has 4 heterocycles. The van der Waals surface area contributed by atoms with Crippen LogP contribution in [0.15, 0.2) is 36.9 Å². The average molecular weight is 451 g/mol. The second kappa shape index (κ2) is 8.33. The van der Waals surface area contributed by atoms with Crippen LogP contribution >= 0.6 is 11.6 Å². The zero-order valence-electron chi connectivity index (χ0n) is 17.8. The number of aromatic nitrogens is 5. The van der Waals surface area contributed by atoms with Crippen LogP contribution in [-0.2, 0) is 0 Å². The highest BCUT2D eigenvalue weighted by molar-refractivity contribution is 6.36. The van der Waals surface area contributed by atoms with Crippen molar-refractivity contribution in [2.45, 2.75) is 13.0 Å². The lowest BCUT2D eigenvalue weighted by molar-refractivity contribution is 0.0660. The third-order valence-corrected chi connectivity index (χ3v) is 6.15. The van der Waals surface area contributed by atoms with Crippen LogP contribution in [0, 0.1) is 0 Å². The van der Waals surface area contributed by atoms with E-state index in [1.165, 1.54) is 6.33 Å². The number of hydrogen-bond donors (Lipinski definition) is 2. The van der Waals surface area contributed by atoms with Crippen molar-refractivity contribution < 1.29 is 4.79 Å². The van der Waals surface area contributed by atoms with Gasteiger partial charge < -0.3 is 20.1 Å². The van der Waals surface area contributed by atoms with Crippen LogP contribution in [0.25, 0.3) is 21.9 Å². The fourth-order valence-electron chi connectivity index (χ4n) is 3.97. The number of imidazole rings is 1. The number of benzene rings is 1. The summed E-state index contributed by atoms with van der Waals surface area (Å²) in [4.78, 5) is 38.1. The summed E-state index contributed by atoms with van der Waals surface area (Å²) in [6.45, 7) is 4.98. The molecule has 2 N–H and O–H groups in total. The second-order valence-electron chi connectivity index (χ2n) is 8.02. The highest BCUT2D eigenvalue weighted by Crippen LogP contribution is 2.30. The lowest BCUT2D eigenvalue weighted by Crippen LogP contribution is -2.47. The second-order valence-corrected chi connectivity index (χ2v) is 8.42. The molecule has 0 saturated carbocycles. The first-order valence-electron chi connectivity index (χ1n) is 10.5. The predicted molar refractivity (Wildman–Crippen MR) is 124 cm³/mol. The van der Waals surface area contributed by atoms with Gasteiger partial charge in [0.15, 0.2) is 11.5 Å². The van der Waals surface area contributed by atoms with Crippen molar-refractivity contribution in [1.82, 2.24) is 34.7 Å². The Morgan fingerprint density at radius 2 is 2.00 bits per heavy atom. The molecule has 5 rings (SSSR count). The molecular weight excluding hydrogens is 428 g/mol. The maximum atomic E-state index is 13.5. The monoisotopic (exact) mass is 450 g/mol. The van der Waals surface area contributed by atoms with E-state index in [2.05, 4.69) is 37.2 Å². The molecule has 0 bridgehead atoms. The predicted octanol–water partition coefficient (Wildman–Crippen LogP) is 3.12. The molecule has 3 aromatic heterocycles. The Hall–Kier alpha value is -3.30. The van der Waals surface area contributed by atoms with Gasteiger partial charge in [-0.15, -0.1) is 0 Å². The molecule has 10 heteroatoms. The smallest absolute Gasteiger partial charge is 0.273 e. The minimum Gasteiger partial charge on any atom is -0.360 e. The van der Waals surface area contributed by atoms with E-state index in [1.807, 2.05) is 30.0 Å². The third-order valence-electron chi connectivity index (χ3n) is 5.83. The van der Waals surface area contributed by atoms with Gasteiger partial charge in [-0.2, -0.15) is 0 Å². The maximum absolute atomic E-state index is 13.5. The Morgan fingerprint density at radius 1 is 1.19 bits per heavy atom. The number of amides is 1. The molecule has 1 saturated heterocycles. The molecule has 4 aromatic rings. The van der Waals surface area contributed by atoms with E-state index in [4.69, 9.17) is 16.6 Å². The normalized spacial score (nSPS) is 15.9. The number of H-pyrrole nitrogens is 1. The first-order valence-corrected chi connectivity index (χ1v) is 10.9. The van der Waals surface area contributed by atoms with Gasteiger partial charge in [-0.1, -0.05) is 23.7 Å². The molecule has 0 unspecified atom stereocenters. The van der Waals surface area contributed by atoms with Gasteiger partial charge >= 0.3 is 0 Å². The van der Waals surface area contributed by atoms with Gasteiger partial charge in [-0.25, -0.2) is 19.9 Å². The number of carbonyl (C=O) groups excluding carboxylic acids is 1. The SMILES string of the molecule is C[C@H](Nc1ncnc2[nH]cnc12)c1cc2cccc(Cl)c2c(C(=O)N2CCN(C)CC2)n1. The maximum Gasteiger partial charge on any atom is 0.273 e. The van der Waals surface area contributed by atoms with Crippen LogP contribution in [0.1, 0.15) is 29.1 Å². The van der Waals surface area contributed by atoms with Crippen molar-refractivity contribution in [1.29, 1.82) is 0 Å². The van der Waals surface area contributed by atoms with Crippen LogP contribution in [0.4, 0.5) is 5.82 Å². The van der Waals surface area contributed by atoms with Gasteiger partial charge in [-0.3, -0.25) is 4.79 Å². The molecule has 164 valence electrons. The average Bonchev–Trinajstić information content (AvgIpc) is 3.28. The summed E-state index contributed by atoms with van der Waals surface area (Å²) < 4.78 is 0.